The van der Waals surface area contributed by atoms with Gasteiger partial charge in [-0.25, -0.2) is 4.79 Å². The first-order valence-corrected chi connectivity index (χ1v) is 7.93. The molecular formula is C17H26N4O2. The van der Waals surface area contributed by atoms with Crippen molar-refractivity contribution in [3.05, 3.63) is 29.3 Å². The maximum Gasteiger partial charge on any atom is 0.315 e. The van der Waals surface area contributed by atoms with Crippen LogP contribution in [0.1, 0.15) is 17.5 Å². The molecule has 0 unspecified atom stereocenters. The minimum absolute atomic E-state index is 0.0480. The van der Waals surface area contributed by atoms with Gasteiger partial charge in [-0.3, -0.25) is 4.79 Å². The molecule has 1 heterocycles. The van der Waals surface area contributed by atoms with Gasteiger partial charge in [-0.1, -0.05) is 6.07 Å². The molecule has 0 saturated carbocycles. The molecule has 23 heavy (non-hydrogen) atoms. The maximum absolute atomic E-state index is 12.2. The van der Waals surface area contributed by atoms with Crippen molar-refractivity contribution in [1.29, 1.82) is 0 Å². The van der Waals surface area contributed by atoms with Crippen LogP contribution in [0.2, 0.25) is 0 Å². The molecule has 1 atom stereocenters. The number of likely N-dealkylation sites (N-methyl/N-ethyl adjacent to an activating group) is 1. The number of aryl methyl sites for hydroxylation is 2. The monoisotopic (exact) mass is 318 g/mol. The zero-order valence-electron chi connectivity index (χ0n) is 14.3. The average molecular weight is 318 g/mol. The second-order valence-corrected chi connectivity index (χ2v) is 6.38. The molecule has 1 aromatic carbocycles. The maximum atomic E-state index is 12.2. The summed E-state index contributed by atoms with van der Waals surface area (Å²) in [6, 6.07) is 5.63. The predicted molar refractivity (Wildman–Crippen MR) is 91.8 cm³/mol. The summed E-state index contributed by atoms with van der Waals surface area (Å²) in [7, 11) is 3.91. The van der Waals surface area contributed by atoms with E-state index in [-0.39, 0.29) is 18.0 Å². The number of amides is 3. The van der Waals surface area contributed by atoms with E-state index in [1.54, 1.807) is 4.90 Å². The molecule has 6 nitrogen and oxygen atoms in total. The van der Waals surface area contributed by atoms with Crippen LogP contribution in [0.4, 0.5) is 10.5 Å². The number of carbonyl (C=O) groups is 2. The van der Waals surface area contributed by atoms with Crippen LogP contribution in [0.5, 0.6) is 0 Å². The van der Waals surface area contributed by atoms with Gasteiger partial charge in [-0.2, -0.15) is 0 Å². The topological polar surface area (TPSA) is 64.7 Å². The summed E-state index contributed by atoms with van der Waals surface area (Å²) < 4.78 is 0. The van der Waals surface area contributed by atoms with Crippen LogP contribution in [-0.2, 0) is 4.79 Å². The zero-order chi connectivity index (χ0) is 17.0. The first-order chi connectivity index (χ1) is 10.9. The van der Waals surface area contributed by atoms with Crippen LogP contribution in [-0.4, -0.2) is 56.6 Å². The van der Waals surface area contributed by atoms with Gasteiger partial charge in [-0.15, -0.1) is 0 Å². The number of carbonyl (C=O) groups excluding carboxylic acids is 2. The first kappa shape index (κ1) is 17.3. The third kappa shape index (κ3) is 4.69. The molecule has 126 valence electrons. The second kappa shape index (κ2) is 7.46. The van der Waals surface area contributed by atoms with Gasteiger partial charge in [0.25, 0.3) is 0 Å². The fraction of sp³-hybridized carbons (Fsp3) is 0.529. The lowest BCUT2D eigenvalue weighted by Crippen LogP contribution is -2.45. The highest BCUT2D eigenvalue weighted by Gasteiger charge is 2.31. The molecule has 1 fully saturated rings. The van der Waals surface area contributed by atoms with Gasteiger partial charge in [0.05, 0.1) is 6.04 Å². The Hall–Kier alpha value is -2.08. The van der Waals surface area contributed by atoms with E-state index in [2.05, 4.69) is 10.6 Å². The van der Waals surface area contributed by atoms with E-state index >= 15 is 0 Å². The predicted octanol–water partition coefficient (Wildman–Crippen LogP) is 1.27. The van der Waals surface area contributed by atoms with Crippen LogP contribution < -0.4 is 15.5 Å². The van der Waals surface area contributed by atoms with Crippen LogP contribution in [0.15, 0.2) is 18.2 Å². The van der Waals surface area contributed by atoms with Crippen molar-refractivity contribution in [2.24, 2.45) is 0 Å². The van der Waals surface area contributed by atoms with Crippen molar-refractivity contribution in [3.8, 4) is 0 Å². The van der Waals surface area contributed by atoms with Crippen LogP contribution in [0.3, 0.4) is 0 Å². The van der Waals surface area contributed by atoms with Gasteiger partial charge in [0.15, 0.2) is 0 Å². The minimum Gasteiger partial charge on any atom is -0.337 e. The van der Waals surface area contributed by atoms with E-state index in [9.17, 15) is 9.59 Å². The summed E-state index contributed by atoms with van der Waals surface area (Å²) in [6.45, 7) is 5.97. The van der Waals surface area contributed by atoms with Crippen molar-refractivity contribution in [1.82, 2.24) is 15.5 Å². The smallest absolute Gasteiger partial charge is 0.315 e. The summed E-state index contributed by atoms with van der Waals surface area (Å²) in [6.07, 6.45) is 0.341. The molecule has 0 aliphatic carbocycles. The van der Waals surface area contributed by atoms with E-state index in [1.807, 2.05) is 51.0 Å². The van der Waals surface area contributed by atoms with Crippen molar-refractivity contribution >= 4 is 17.6 Å². The third-order valence-corrected chi connectivity index (χ3v) is 4.11. The van der Waals surface area contributed by atoms with Gasteiger partial charge >= 0.3 is 6.03 Å². The highest BCUT2D eigenvalue weighted by molar-refractivity contribution is 5.96. The molecule has 1 aromatic rings. The summed E-state index contributed by atoms with van der Waals surface area (Å²) in [5.41, 5.74) is 3.26. The summed E-state index contributed by atoms with van der Waals surface area (Å²) in [4.78, 5) is 27.8. The van der Waals surface area contributed by atoms with E-state index < -0.39 is 0 Å². The lowest BCUT2D eigenvalue weighted by atomic mass is 10.1. The van der Waals surface area contributed by atoms with Gasteiger partial charge in [-0.05, 0) is 51.2 Å². The number of rotatable bonds is 5. The van der Waals surface area contributed by atoms with Gasteiger partial charge in [0.2, 0.25) is 5.91 Å². The molecule has 0 bridgehead atoms. The number of anilines is 1. The van der Waals surface area contributed by atoms with E-state index in [4.69, 9.17) is 0 Å². The Bertz CT molecular complexity index is 586. The average Bonchev–Trinajstić information content (AvgIpc) is 2.82. The summed E-state index contributed by atoms with van der Waals surface area (Å²) in [5.74, 6) is 0.0480. The lowest BCUT2D eigenvalue weighted by molar-refractivity contribution is -0.117. The Kier molecular flexibility index (Phi) is 5.60. The standard InChI is InChI=1S/C17H26N4O2/c1-12-5-6-15(9-13(12)2)21-11-14(10-16(21)22)19-17(23)18-7-8-20(3)4/h5-6,9,14H,7-8,10-11H2,1-4H3,(H2,18,19,23)/t14-/m0/s1. The van der Waals surface area contributed by atoms with Crippen molar-refractivity contribution in [3.63, 3.8) is 0 Å². The molecule has 1 aliphatic rings. The molecule has 0 aromatic heterocycles. The Morgan fingerprint density at radius 2 is 2.04 bits per heavy atom. The molecule has 1 aliphatic heterocycles. The number of benzene rings is 1. The largest absolute Gasteiger partial charge is 0.337 e. The number of nitrogens with zero attached hydrogens (tertiary/aromatic N) is 2. The summed E-state index contributed by atoms with van der Waals surface area (Å²) in [5, 5.41) is 5.68. The van der Waals surface area contributed by atoms with E-state index in [1.165, 1.54) is 5.56 Å². The Balaban J connectivity index is 1.89. The molecule has 2 N–H and O–H groups in total. The van der Waals surface area contributed by atoms with Crippen molar-refractivity contribution in [2.75, 3.05) is 38.6 Å². The van der Waals surface area contributed by atoms with Gasteiger partial charge < -0.3 is 20.4 Å². The first-order valence-electron chi connectivity index (χ1n) is 7.93. The SMILES string of the molecule is Cc1ccc(N2C[C@@H](NC(=O)NCCN(C)C)CC2=O)cc1C. The third-order valence-electron chi connectivity index (χ3n) is 4.11. The lowest BCUT2D eigenvalue weighted by Gasteiger charge is -2.18. The van der Waals surface area contributed by atoms with Gasteiger partial charge in [0, 0.05) is 31.7 Å². The molecular weight excluding hydrogens is 292 g/mol. The zero-order valence-corrected chi connectivity index (χ0v) is 14.3. The van der Waals surface area contributed by atoms with E-state index in [0.29, 0.717) is 19.5 Å². The van der Waals surface area contributed by atoms with Crippen molar-refractivity contribution in [2.45, 2.75) is 26.3 Å². The van der Waals surface area contributed by atoms with Crippen LogP contribution in [0.25, 0.3) is 0 Å². The second-order valence-electron chi connectivity index (χ2n) is 6.38. The number of nitrogens with one attached hydrogen (secondary N) is 2. The molecule has 0 radical (unpaired) electrons. The molecule has 6 heteroatoms. The highest BCUT2D eigenvalue weighted by atomic mass is 16.2. The number of hydrogen-bond donors (Lipinski definition) is 2. The summed E-state index contributed by atoms with van der Waals surface area (Å²) >= 11 is 0. The normalized spacial score (nSPS) is 17.7. The molecule has 3 amide bonds. The molecule has 2 rings (SSSR count). The van der Waals surface area contributed by atoms with Gasteiger partial charge in [0.1, 0.15) is 0 Å². The Morgan fingerprint density at radius 1 is 1.30 bits per heavy atom. The Morgan fingerprint density at radius 3 is 2.70 bits per heavy atom. The highest BCUT2D eigenvalue weighted by Crippen LogP contribution is 2.23. The quantitative estimate of drug-likeness (QED) is 0.859. The van der Waals surface area contributed by atoms with E-state index in [0.717, 1.165) is 17.8 Å². The number of hydrogen-bond acceptors (Lipinski definition) is 3. The van der Waals surface area contributed by atoms with Crippen LogP contribution >= 0.6 is 0 Å². The van der Waals surface area contributed by atoms with Crippen molar-refractivity contribution < 1.29 is 9.59 Å². The molecule has 1 saturated heterocycles. The fourth-order valence-electron chi connectivity index (χ4n) is 2.58. The van der Waals surface area contributed by atoms with Crippen LogP contribution in [0, 0.1) is 13.8 Å². The molecule has 0 spiro atoms. The minimum atomic E-state index is -0.216. The number of urea groups is 1. The fourth-order valence-corrected chi connectivity index (χ4v) is 2.58. The Labute approximate surface area is 137 Å².